The third kappa shape index (κ3) is 2.82. The van der Waals surface area contributed by atoms with E-state index in [1.54, 1.807) is 6.92 Å². The van der Waals surface area contributed by atoms with Crippen molar-refractivity contribution < 1.29 is 13.9 Å². The van der Waals surface area contributed by atoms with Crippen LogP contribution in [-0.4, -0.2) is 16.6 Å². The van der Waals surface area contributed by atoms with Crippen molar-refractivity contribution in [3.63, 3.8) is 0 Å². The van der Waals surface area contributed by atoms with Crippen LogP contribution in [0.5, 0.6) is 0 Å². The quantitative estimate of drug-likeness (QED) is 0.491. The van der Waals surface area contributed by atoms with Gasteiger partial charge >= 0.3 is 0 Å². The summed E-state index contributed by atoms with van der Waals surface area (Å²) in [6.07, 6.45) is 1.95. The molecule has 1 aliphatic carbocycles. The summed E-state index contributed by atoms with van der Waals surface area (Å²) in [7, 11) is 0. The fraction of sp³-hybridized carbons (Fsp3) is 0.600. The molecule has 1 atom stereocenters. The Hall–Kier alpha value is -0.880. The van der Waals surface area contributed by atoms with Gasteiger partial charge in [0.1, 0.15) is 0 Å². The zero-order valence-electron chi connectivity index (χ0n) is 7.48. The number of allylic oxidation sites excluding steroid dienone is 1. The van der Waals surface area contributed by atoms with Crippen molar-refractivity contribution in [1.82, 2.24) is 0 Å². The number of aliphatic hydroxyl groups is 1. The Balaban J connectivity index is 2.68. The SMILES string of the molecule is CC#CCC1(O)C=CC(F)(F)CC1. The lowest BCUT2D eigenvalue weighted by molar-refractivity contribution is -0.00961. The van der Waals surface area contributed by atoms with Crippen LogP contribution in [-0.2, 0) is 0 Å². The zero-order valence-corrected chi connectivity index (χ0v) is 7.48. The summed E-state index contributed by atoms with van der Waals surface area (Å²) in [4.78, 5) is 0. The predicted octanol–water partition coefficient (Wildman–Crippen LogP) is 2.12. The highest BCUT2D eigenvalue weighted by Gasteiger charge is 2.36. The summed E-state index contributed by atoms with van der Waals surface area (Å²) in [5.41, 5.74) is -1.15. The first-order valence-electron chi connectivity index (χ1n) is 4.18. The average Bonchev–Trinajstić information content (AvgIpc) is 2.08. The molecule has 0 saturated carbocycles. The number of hydrogen-bond donors (Lipinski definition) is 1. The van der Waals surface area contributed by atoms with E-state index in [1.807, 2.05) is 0 Å². The molecule has 1 nitrogen and oxygen atoms in total. The topological polar surface area (TPSA) is 20.2 Å². The maximum Gasteiger partial charge on any atom is 0.266 e. The molecule has 1 unspecified atom stereocenters. The normalized spacial score (nSPS) is 30.8. The van der Waals surface area contributed by atoms with Crippen LogP contribution >= 0.6 is 0 Å². The van der Waals surface area contributed by atoms with Crippen LogP contribution < -0.4 is 0 Å². The highest BCUT2D eigenvalue weighted by atomic mass is 19.3. The number of hydrogen-bond acceptors (Lipinski definition) is 1. The minimum absolute atomic E-state index is 0.0746. The monoisotopic (exact) mass is 186 g/mol. The average molecular weight is 186 g/mol. The van der Waals surface area contributed by atoms with E-state index in [0.717, 1.165) is 6.08 Å². The predicted molar refractivity (Wildman–Crippen MR) is 46.3 cm³/mol. The van der Waals surface area contributed by atoms with E-state index < -0.39 is 11.5 Å². The molecule has 0 heterocycles. The standard InChI is InChI=1S/C10H12F2O/c1-2-3-4-9(13)5-7-10(11,12)8-6-9/h5,7,13H,4,6,8H2,1H3. The summed E-state index contributed by atoms with van der Waals surface area (Å²) < 4.78 is 25.3. The molecule has 0 spiro atoms. The van der Waals surface area contributed by atoms with Crippen LogP contribution in [0, 0.1) is 11.8 Å². The van der Waals surface area contributed by atoms with Crippen molar-refractivity contribution in [3.05, 3.63) is 12.2 Å². The molecule has 72 valence electrons. The van der Waals surface area contributed by atoms with Gasteiger partial charge in [0, 0.05) is 12.8 Å². The molecule has 0 radical (unpaired) electrons. The maximum absolute atomic E-state index is 12.6. The minimum atomic E-state index is -2.76. The maximum atomic E-state index is 12.6. The molecule has 1 rings (SSSR count). The number of alkyl halides is 2. The van der Waals surface area contributed by atoms with E-state index in [0.29, 0.717) is 0 Å². The van der Waals surface area contributed by atoms with Crippen LogP contribution in [0.4, 0.5) is 8.78 Å². The second kappa shape index (κ2) is 3.47. The van der Waals surface area contributed by atoms with Gasteiger partial charge in [0.2, 0.25) is 0 Å². The molecule has 3 heteroatoms. The van der Waals surface area contributed by atoms with Crippen molar-refractivity contribution in [2.75, 3.05) is 0 Å². The third-order valence-corrected chi connectivity index (χ3v) is 2.10. The van der Waals surface area contributed by atoms with Crippen LogP contribution in [0.2, 0.25) is 0 Å². The molecule has 0 aromatic heterocycles. The van der Waals surface area contributed by atoms with Gasteiger partial charge in [-0.05, 0) is 19.4 Å². The Morgan fingerprint density at radius 2 is 2.08 bits per heavy atom. The molecule has 1 N–H and O–H groups in total. The third-order valence-electron chi connectivity index (χ3n) is 2.10. The van der Waals surface area contributed by atoms with Gasteiger partial charge in [-0.2, -0.15) is 0 Å². The molecule has 0 saturated heterocycles. The largest absolute Gasteiger partial charge is 0.385 e. The van der Waals surface area contributed by atoms with Gasteiger partial charge in [0.25, 0.3) is 5.92 Å². The van der Waals surface area contributed by atoms with E-state index >= 15 is 0 Å². The van der Waals surface area contributed by atoms with Crippen molar-refractivity contribution in [2.45, 2.75) is 37.7 Å². The summed E-state index contributed by atoms with van der Waals surface area (Å²) in [6.45, 7) is 1.66. The van der Waals surface area contributed by atoms with Gasteiger partial charge in [-0.3, -0.25) is 0 Å². The van der Waals surface area contributed by atoms with Crippen molar-refractivity contribution in [1.29, 1.82) is 0 Å². The Labute approximate surface area is 76.5 Å². The minimum Gasteiger partial charge on any atom is -0.385 e. The van der Waals surface area contributed by atoms with Crippen LogP contribution in [0.1, 0.15) is 26.2 Å². The van der Waals surface area contributed by atoms with Crippen molar-refractivity contribution in [3.8, 4) is 11.8 Å². The molecule has 1 aliphatic rings. The smallest absolute Gasteiger partial charge is 0.266 e. The fourth-order valence-electron chi connectivity index (χ4n) is 1.22. The fourth-order valence-corrected chi connectivity index (χ4v) is 1.22. The second-order valence-corrected chi connectivity index (χ2v) is 3.30. The van der Waals surface area contributed by atoms with Crippen LogP contribution in [0.25, 0.3) is 0 Å². The second-order valence-electron chi connectivity index (χ2n) is 3.30. The molecule has 0 fully saturated rings. The lowest BCUT2D eigenvalue weighted by Crippen LogP contribution is -2.33. The Morgan fingerprint density at radius 3 is 2.54 bits per heavy atom. The Kier molecular flexibility index (Phi) is 2.72. The number of rotatable bonds is 1. The van der Waals surface area contributed by atoms with Crippen molar-refractivity contribution in [2.24, 2.45) is 0 Å². The van der Waals surface area contributed by atoms with Gasteiger partial charge in [-0.15, -0.1) is 11.8 Å². The summed E-state index contributed by atoms with van der Waals surface area (Å²) in [5.74, 6) is 2.56. The Morgan fingerprint density at radius 1 is 1.38 bits per heavy atom. The summed E-state index contributed by atoms with van der Waals surface area (Å²) >= 11 is 0. The van der Waals surface area contributed by atoms with E-state index in [9.17, 15) is 13.9 Å². The molecule has 0 amide bonds. The van der Waals surface area contributed by atoms with Gasteiger partial charge in [0.05, 0.1) is 5.60 Å². The molecule has 0 aromatic carbocycles. The molecular weight excluding hydrogens is 174 g/mol. The highest BCUT2D eigenvalue weighted by molar-refractivity contribution is 5.16. The van der Waals surface area contributed by atoms with Gasteiger partial charge in [-0.25, -0.2) is 8.78 Å². The van der Waals surface area contributed by atoms with E-state index in [4.69, 9.17) is 0 Å². The number of halogens is 2. The molecule has 0 bridgehead atoms. The summed E-state index contributed by atoms with van der Waals surface area (Å²) in [5, 5.41) is 9.71. The zero-order chi connectivity index (χ0) is 9.95. The molecular formula is C10H12F2O. The first kappa shape index (κ1) is 10.2. The van der Waals surface area contributed by atoms with Crippen LogP contribution in [0.3, 0.4) is 0 Å². The van der Waals surface area contributed by atoms with E-state index in [1.165, 1.54) is 6.08 Å². The van der Waals surface area contributed by atoms with Crippen molar-refractivity contribution >= 4 is 0 Å². The van der Waals surface area contributed by atoms with E-state index in [2.05, 4.69) is 11.8 Å². The lowest BCUT2D eigenvalue weighted by atomic mass is 9.87. The Bertz CT molecular complexity index is 272. The van der Waals surface area contributed by atoms with Gasteiger partial charge in [0.15, 0.2) is 0 Å². The molecule has 13 heavy (non-hydrogen) atoms. The first-order valence-corrected chi connectivity index (χ1v) is 4.18. The van der Waals surface area contributed by atoms with Crippen LogP contribution in [0.15, 0.2) is 12.2 Å². The highest BCUT2D eigenvalue weighted by Crippen LogP contribution is 2.34. The first-order chi connectivity index (χ1) is 5.97. The lowest BCUT2D eigenvalue weighted by Gasteiger charge is -2.29. The molecule has 0 aromatic rings. The van der Waals surface area contributed by atoms with Gasteiger partial charge < -0.3 is 5.11 Å². The molecule has 0 aliphatic heterocycles. The summed E-state index contributed by atoms with van der Waals surface area (Å²) in [6, 6.07) is 0. The van der Waals surface area contributed by atoms with Gasteiger partial charge in [-0.1, -0.05) is 6.08 Å². The van der Waals surface area contributed by atoms with E-state index in [-0.39, 0.29) is 19.3 Å².